The van der Waals surface area contributed by atoms with Crippen LogP contribution in [-0.4, -0.2) is 51.7 Å². The summed E-state index contributed by atoms with van der Waals surface area (Å²) >= 11 is 0. The molecule has 0 aromatic rings. The summed E-state index contributed by atoms with van der Waals surface area (Å²) < 4.78 is 72.8. The van der Waals surface area contributed by atoms with Crippen molar-refractivity contribution in [2.24, 2.45) is 0 Å². The summed E-state index contributed by atoms with van der Waals surface area (Å²) in [5, 5.41) is -1.18. The Morgan fingerprint density at radius 3 is 2.67 bits per heavy atom. The highest BCUT2D eigenvalue weighted by Gasteiger charge is 2.46. The van der Waals surface area contributed by atoms with Gasteiger partial charge in [0.25, 0.3) is 0 Å². The molecular weight excluding hydrogens is 315 g/mol. The molecule has 2 atom stereocenters. The normalized spacial score (nSPS) is 23.8. The van der Waals surface area contributed by atoms with E-state index in [1.807, 2.05) is 0 Å². The van der Waals surface area contributed by atoms with Crippen molar-refractivity contribution in [3.63, 3.8) is 0 Å². The number of esters is 1. The van der Waals surface area contributed by atoms with Crippen LogP contribution in [-0.2, 0) is 24.3 Å². The van der Waals surface area contributed by atoms with E-state index in [-0.39, 0.29) is 32.6 Å². The van der Waals surface area contributed by atoms with E-state index in [0.29, 0.717) is 0 Å². The maximum Gasteiger partial charge on any atom is 0.414 e. The summed E-state index contributed by atoms with van der Waals surface area (Å²) in [5.41, 5.74) is 0. The van der Waals surface area contributed by atoms with Crippen molar-refractivity contribution in [2.75, 3.05) is 19.8 Å². The van der Waals surface area contributed by atoms with Gasteiger partial charge in [0.2, 0.25) is 10.0 Å². The summed E-state index contributed by atoms with van der Waals surface area (Å²) in [6.07, 6.45) is -7.48. The zero-order valence-electron chi connectivity index (χ0n) is 11.5. The van der Waals surface area contributed by atoms with Crippen molar-refractivity contribution in [3.05, 3.63) is 0 Å². The maximum atomic E-state index is 12.5. The number of nitrogens with one attached hydrogen (secondary N) is 1. The van der Waals surface area contributed by atoms with E-state index in [1.54, 1.807) is 6.92 Å². The van der Waals surface area contributed by atoms with Gasteiger partial charge in [0.1, 0.15) is 0 Å². The number of ether oxygens (including phenoxy) is 2. The minimum atomic E-state index is -4.58. The first-order valence-corrected chi connectivity index (χ1v) is 8.04. The van der Waals surface area contributed by atoms with Gasteiger partial charge in [0.15, 0.2) is 6.10 Å². The predicted octanol–water partition coefficient (Wildman–Crippen LogP) is 0.969. The molecule has 0 aromatic heterocycles. The molecule has 0 saturated carbocycles. The van der Waals surface area contributed by atoms with Crippen LogP contribution in [0.5, 0.6) is 0 Å². The van der Waals surface area contributed by atoms with Gasteiger partial charge >= 0.3 is 12.1 Å². The van der Waals surface area contributed by atoms with Crippen LogP contribution < -0.4 is 4.72 Å². The summed E-state index contributed by atoms with van der Waals surface area (Å²) in [7, 11) is -3.92. The number of carbonyl (C=O) groups excluding carboxylic acids is 1. The van der Waals surface area contributed by atoms with Gasteiger partial charge < -0.3 is 9.47 Å². The van der Waals surface area contributed by atoms with Crippen LogP contribution in [0.25, 0.3) is 0 Å². The fourth-order valence-corrected chi connectivity index (χ4v) is 3.38. The molecule has 1 aliphatic heterocycles. The van der Waals surface area contributed by atoms with Crippen LogP contribution >= 0.6 is 0 Å². The molecule has 0 spiro atoms. The molecule has 2 unspecified atom stereocenters. The summed E-state index contributed by atoms with van der Waals surface area (Å²) in [6.45, 7) is 1.32. The molecule has 1 heterocycles. The van der Waals surface area contributed by atoms with Gasteiger partial charge in [-0.05, 0) is 13.3 Å². The molecule has 0 bridgehead atoms. The molecule has 6 nitrogen and oxygen atoms in total. The van der Waals surface area contributed by atoms with E-state index in [4.69, 9.17) is 0 Å². The van der Waals surface area contributed by atoms with Crippen LogP contribution in [0.2, 0.25) is 0 Å². The number of hydrogen-bond acceptors (Lipinski definition) is 5. The van der Waals surface area contributed by atoms with Gasteiger partial charge in [0.05, 0.1) is 18.3 Å². The second-order valence-electron chi connectivity index (χ2n) is 4.54. The lowest BCUT2D eigenvalue weighted by atomic mass is 10.1. The zero-order valence-corrected chi connectivity index (χ0v) is 12.3. The Bertz CT molecular complexity index is 451. The summed E-state index contributed by atoms with van der Waals surface area (Å²) in [4.78, 5) is 11.1. The van der Waals surface area contributed by atoms with Crippen LogP contribution in [0, 0.1) is 0 Å². The van der Waals surface area contributed by atoms with Crippen molar-refractivity contribution in [3.8, 4) is 0 Å². The number of rotatable bonds is 6. The molecule has 124 valence electrons. The molecule has 1 fully saturated rings. The monoisotopic (exact) mass is 333 g/mol. The van der Waals surface area contributed by atoms with E-state index in [0.717, 1.165) is 0 Å². The summed E-state index contributed by atoms with van der Waals surface area (Å²) in [6, 6.07) is 0. The van der Waals surface area contributed by atoms with Crippen LogP contribution in [0.1, 0.15) is 26.2 Å². The third-order valence-corrected chi connectivity index (χ3v) is 4.89. The lowest BCUT2D eigenvalue weighted by Gasteiger charge is -2.30. The average Bonchev–Trinajstić information content (AvgIpc) is 2.38. The molecule has 21 heavy (non-hydrogen) atoms. The Labute approximate surface area is 121 Å². The Balaban J connectivity index is 2.52. The van der Waals surface area contributed by atoms with E-state index in [2.05, 4.69) is 14.2 Å². The first-order valence-electron chi connectivity index (χ1n) is 6.49. The van der Waals surface area contributed by atoms with Gasteiger partial charge in [-0.15, -0.1) is 0 Å². The molecule has 1 saturated heterocycles. The third-order valence-electron chi connectivity index (χ3n) is 2.98. The van der Waals surface area contributed by atoms with Crippen molar-refractivity contribution in [1.29, 1.82) is 0 Å². The molecule has 1 N–H and O–H groups in total. The van der Waals surface area contributed by atoms with Crippen molar-refractivity contribution in [2.45, 2.75) is 43.7 Å². The van der Waals surface area contributed by atoms with Crippen molar-refractivity contribution < 1.29 is 35.9 Å². The minimum absolute atomic E-state index is 0.0126. The molecule has 1 aliphatic rings. The van der Waals surface area contributed by atoms with Gasteiger partial charge in [-0.2, -0.15) is 13.2 Å². The fourth-order valence-electron chi connectivity index (χ4n) is 1.92. The molecule has 1 rings (SSSR count). The Kier molecular flexibility index (Phi) is 6.41. The first-order chi connectivity index (χ1) is 9.66. The van der Waals surface area contributed by atoms with Crippen LogP contribution in [0.15, 0.2) is 0 Å². The van der Waals surface area contributed by atoms with E-state index in [1.165, 1.54) is 0 Å². The predicted molar refractivity (Wildman–Crippen MR) is 67.0 cm³/mol. The number of halogens is 3. The lowest BCUT2D eigenvalue weighted by molar-refractivity contribution is -0.229. The molecular formula is C11H18F3NO5S. The standard InChI is InChI=1S/C11H18F3NO5S/c1-2-19-10(16)3-5-15-21(17,18)8-4-6-20-9(7-8)11(12,13)14/h8-9,15H,2-7H2,1H3. The lowest BCUT2D eigenvalue weighted by Crippen LogP contribution is -2.45. The summed E-state index contributed by atoms with van der Waals surface area (Å²) in [5.74, 6) is -0.569. The van der Waals surface area contributed by atoms with Crippen molar-refractivity contribution in [1.82, 2.24) is 4.72 Å². The highest BCUT2D eigenvalue weighted by Crippen LogP contribution is 2.31. The number of hydrogen-bond donors (Lipinski definition) is 1. The highest BCUT2D eigenvalue weighted by atomic mass is 32.2. The number of sulfonamides is 1. The fraction of sp³-hybridized carbons (Fsp3) is 0.909. The topological polar surface area (TPSA) is 81.7 Å². The van der Waals surface area contributed by atoms with Crippen molar-refractivity contribution >= 4 is 16.0 Å². The first kappa shape index (κ1) is 18.2. The van der Waals surface area contributed by atoms with Crippen LogP contribution in [0.4, 0.5) is 13.2 Å². The second-order valence-corrected chi connectivity index (χ2v) is 6.59. The molecule has 0 radical (unpaired) electrons. The van der Waals surface area contributed by atoms with Gasteiger partial charge in [-0.3, -0.25) is 4.79 Å². The molecule has 0 aliphatic carbocycles. The molecule has 0 amide bonds. The Hall–Kier alpha value is -0.870. The quantitative estimate of drug-likeness (QED) is 0.733. The third kappa shape index (κ3) is 5.79. The minimum Gasteiger partial charge on any atom is -0.466 e. The van der Waals surface area contributed by atoms with Gasteiger partial charge in [-0.1, -0.05) is 0 Å². The second kappa shape index (κ2) is 7.41. The Morgan fingerprint density at radius 2 is 2.10 bits per heavy atom. The Morgan fingerprint density at radius 1 is 1.43 bits per heavy atom. The van der Waals surface area contributed by atoms with E-state index < -0.39 is 39.9 Å². The van der Waals surface area contributed by atoms with Gasteiger partial charge in [-0.25, -0.2) is 13.1 Å². The van der Waals surface area contributed by atoms with Crippen LogP contribution in [0.3, 0.4) is 0 Å². The smallest absolute Gasteiger partial charge is 0.414 e. The number of alkyl halides is 3. The number of carbonyl (C=O) groups is 1. The van der Waals surface area contributed by atoms with E-state index >= 15 is 0 Å². The van der Waals surface area contributed by atoms with E-state index in [9.17, 15) is 26.4 Å². The van der Waals surface area contributed by atoms with Gasteiger partial charge in [0, 0.05) is 19.6 Å². The zero-order chi connectivity index (χ0) is 16.1. The largest absolute Gasteiger partial charge is 0.466 e. The molecule has 0 aromatic carbocycles. The SMILES string of the molecule is CCOC(=O)CCNS(=O)(=O)C1CCOC(C(F)(F)F)C1. The highest BCUT2D eigenvalue weighted by molar-refractivity contribution is 7.90. The average molecular weight is 333 g/mol. The molecule has 10 heteroatoms. The maximum absolute atomic E-state index is 12.5.